The Bertz CT molecular complexity index is 1480. The Morgan fingerprint density at radius 1 is 1.11 bits per heavy atom. The lowest BCUT2D eigenvalue weighted by atomic mass is 10.00. The maximum absolute atomic E-state index is 13.6. The number of imidazole rings is 1. The molecule has 1 amide bonds. The van der Waals surface area contributed by atoms with Crippen LogP contribution in [0.25, 0.3) is 16.8 Å². The zero-order valence-electron chi connectivity index (χ0n) is 21.1. The number of alkyl halides is 3. The molecule has 1 fully saturated rings. The van der Waals surface area contributed by atoms with E-state index in [0.29, 0.717) is 18.9 Å². The van der Waals surface area contributed by atoms with Crippen molar-refractivity contribution < 1.29 is 22.7 Å². The number of hydrogen-bond acceptors (Lipinski definition) is 5. The largest absolute Gasteiger partial charge is 0.416 e. The molecular formula is C28H28F3N5O2. The fraction of sp³-hybridized carbons (Fsp3) is 0.286. The summed E-state index contributed by atoms with van der Waals surface area (Å²) in [6.07, 6.45) is 1.06. The number of amides is 1. The lowest BCUT2D eigenvalue weighted by Gasteiger charge is -2.29. The van der Waals surface area contributed by atoms with Gasteiger partial charge < -0.3 is 24.7 Å². The molecule has 0 saturated carbocycles. The lowest BCUT2D eigenvalue weighted by molar-refractivity contribution is -0.138. The summed E-state index contributed by atoms with van der Waals surface area (Å²) in [4.78, 5) is 19.7. The van der Waals surface area contributed by atoms with Gasteiger partial charge in [-0.1, -0.05) is 12.1 Å². The van der Waals surface area contributed by atoms with Crippen LogP contribution in [0.4, 0.5) is 24.5 Å². The van der Waals surface area contributed by atoms with Gasteiger partial charge in [0.15, 0.2) is 5.65 Å². The zero-order chi connectivity index (χ0) is 26.9. The van der Waals surface area contributed by atoms with Crippen molar-refractivity contribution in [3.8, 4) is 11.1 Å². The smallest absolute Gasteiger partial charge is 0.378 e. The van der Waals surface area contributed by atoms with Crippen LogP contribution in [0.5, 0.6) is 0 Å². The predicted molar refractivity (Wildman–Crippen MR) is 141 cm³/mol. The summed E-state index contributed by atoms with van der Waals surface area (Å²) >= 11 is 0. The highest BCUT2D eigenvalue weighted by Crippen LogP contribution is 2.34. The number of nitrogens with zero attached hydrogens (tertiary/aromatic N) is 3. The number of morpholine rings is 1. The van der Waals surface area contributed by atoms with Crippen LogP contribution in [-0.2, 0) is 17.5 Å². The van der Waals surface area contributed by atoms with E-state index in [0.717, 1.165) is 47.2 Å². The summed E-state index contributed by atoms with van der Waals surface area (Å²) < 4.78 is 48.3. The van der Waals surface area contributed by atoms with Crippen LogP contribution in [0, 0.1) is 6.92 Å². The summed E-state index contributed by atoms with van der Waals surface area (Å²) in [5.41, 5.74) is 4.34. The first-order chi connectivity index (χ1) is 18.2. The molecule has 1 saturated heterocycles. The molecular weight excluding hydrogens is 495 g/mol. The number of nitrogens with one attached hydrogen (secondary N) is 2. The van der Waals surface area contributed by atoms with Gasteiger partial charge in [0, 0.05) is 55.0 Å². The second-order valence-corrected chi connectivity index (χ2v) is 9.26. The van der Waals surface area contributed by atoms with Gasteiger partial charge in [-0.15, -0.1) is 0 Å². The van der Waals surface area contributed by atoms with Crippen LogP contribution in [0.3, 0.4) is 0 Å². The standard InChI is InChI=1S/C28H28F3N5O2/c1-18-3-6-22(34-27(37)19-4-5-20(16-32-2)24(13-19)28(29,30)31)15-23(18)21-14-25(35-9-11-38-12-10-35)26-33-7-8-36(26)17-21/h3-8,13-15,17,32H,9-12,16H2,1-2H3,(H,34,37). The normalized spacial score (nSPS) is 14.2. The van der Waals surface area contributed by atoms with E-state index in [1.807, 2.05) is 35.9 Å². The topological polar surface area (TPSA) is 70.9 Å². The van der Waals surface area contributed by atoms with E-state index >= 15 is 0 Å². The number of hydrogen-bond donors (Lipinski definition) is 2. The third-order valence-corrected chi connectivity index (χ3v) is 6.67. The van der Waals surface area contributed by atoms with Gasteiger partial charge in [0.25, 0.3) is 5.91 Å². The number of halogens is 3. The van der Waals surface area contributed by atoms with Gasteiger partial charge >= 0.3 is 6.18 Å². The average molecular weight is 524 g/mol. The van der Waals surface area contributed by atoms with Gasteiger partial charge in [-0.3, -0.25) is 4.79 Å². The van der Waals surface area contributed by atoms with Gasteiger partial charge in [-0.05, 0) is 61.0 Å². The monoisotopic (exact) mass is 523 g/mol. The van der Waals surface area contributed by atoms with Crippen LogP contribution in [0.1, 0.15) is 27.0 Å². The number of anilines is 2. The number of ether oxygens (including phenoxy) is 1. The minimum atomic E-state index is -4.57. The van der Waals surface area contributed by atoms with Crippen molar-refractivity contribution in [1.82, 2.24) is 14.7 Å². The molecule has 0 unspecified atom stereocenters. The number of carbonyl (C=O) groups excluding carboxylic acids is 1. The Balaban J connectivity index is 1.47. The Labute approximate surface area is 218 Å². The zero-order valence-corrected chi connectivity index (χ0v) is 21.1. The first kappa shape index (κ1) is 25.7. The van der Waals surface area contributed by atoms with E-state index in [4.69, 9.17) is 4.74 Å². The second-order valence-electron chi connectivity index (χ2n) is 9.26. The molecule has 7 nitrogen and oxygen atoms in total. The molecule has 2 aromatic carbocycles. The van der Waals surface area contributed by atoms with Crippen molar-refractivity contribution in [3.63, 3.8) is 0 Å². The molecule has 1 aliphatic heterocycles. The number of aryl methyl sites for hydroxylation is 1. The maximum atomic E-state index is 13.6. The summed E-state index contributed by atoms with van der Waals surface area (Å²) in [5.74, 6) is -0.611. The molecule has 0 aliphatic carbocycles. The van der Waals surface area contributed by atoms with Gasteiger partial charge in [0.1, 0.15) is 0 Å². The number of rotatable bonds is 6. The van der Waals surface area contributed by atoms with Crippen LogP contribution in [0.2, 0.25) is 0 Å². The molecule has 0 spiro atoms. The van der Waals surface area contributed by atoms with E-state index < -0.39 is 17.6 Å². The minimum absolute atomic E-state index is 0.0474. The average Bonchev–Trinajstić information content (AvgIpc) is 3.38. The number of benzene rings is 2. The molecule has 0 bridgehead atoms. The first-order valence-corrected chi connectivity index (χ1v) is 12.3. The van der Waals surface area contributed by atoms with Crippen molar-refractivity contribution in [2.24, 2.45) is 0 Å². The lowest BCUT2D eigenvalue weighted by Crippen LogP contribution is -2.36. The molecule has 0 atom stereocenters. The van der Waals surface area contributed by atoms with Crippen LogP contribution < -0.4 is 15.5 Å². The number of carbonyl (C=O) groups is 1. The molecule has 38 heavy (non-hydrogen) atoms. The molecule has 2 N–H and O–H groups in total. The summed E-state index contributed by atoms with van der Waals surface area (Å²) in [7, 11) is 1.57. The highest BCUT2D eigenvalue weighted by atomic mass is 19.4. The Morgan fingerprint density at radius 2 is 1.89 bits per heavy atom. The van der Waals surface area contributed by atoms with Crippen molar-refractivity contribution in [3.05, 3.63) is 83.3 Å². The molecule has 4 aromatic rings. The Hall–Kier alpha value is -3.89. The highest BCUT2D eigenvalue weighted by Gasteiger charge is 2.34. The minimum Gasteiger partial charge on any atom is -0.378 e. The number of pyridine rings is 1. The summed E-state index contributed by atoms with van der Waals surface area (Å²) in [6.45, 7) is 4.82. The molecule has 1 aliphatic rings. The number of aromatic nitrogens is 2. The van der Waals surface area contributed by atoms with Gasteiger partial charge in [-0.25, -0.2) is 4.98 Å². The predicted octanol–water partition coefficient (Wildman–Crippen LogP) is 5.14. The van der Waals surface area contributed by atoms with E-state index in [9.17, 15) is 18.0 Å². The molecule has 3 heterocycles. The van der Waals surface area contributed by atoms with Crippen molar-refractivity contribution >= 4 is 22.9 Å². The van der Waals surface area contributed by atoms with Gasteiger partial charge in [-0.2, -0.15) is 13.2 Å². The van der Waals surface area contributed by atoms with Crippen molar-refractivity contribution in [2.45, 2.75) is 19.6 Å². The van der Waals surface area contributed by atoms with Crippen LogP contribution >= 0.6 is 0 Å². The maximum Gasteiger partial charge on any atom is 0.416 e. The van der Waals surface area contributed by atoms with Crippen LogP contribution in [-0.4, -0.2) is 48.6 Å². The van der Waals surface area contributed by atoms with E-state index in [2.05, 4.69) is 26.6 Å². The van der Waals surface area contributed by atoms with Crippen molar-refractivity contribution in [1.29, 1.82) is 0 Å². The van der Waals surface area contributed by atoms with Crippen molar-refractivity contribution in [2.75, 3.05) is 43.6 Å². The third kappa shape index (κ3) is 5.23. The number of fused-ring (bicyclic) bond motifs is 1. The van der Waals surface area contributed by atoms with E-state index in [1.54, 1.807) is 19.3 Å². The van der Waals surface area contributed by atoms with Crippen LogP contribution in [0.15, 0.2) is 61.1 Å². The molecule has 5 rings (SSSR count). The van der Waals surface area contributed by atoms with Gasteiger partial charge in [0.05, 0.1) is 24.5 Å². The first-order valence-electron chi connectivity index (χ1n) is 12.3. The Kier molecular flexibility index (Phi) is 7.09. The van der Waals surface area contributed by atoms with E-state index in [-0.39, 0.29) is 17.7 Å². The fourth-order valence-electron chi connectivity index (χ4n) is 4.74. The summed E-state index contributed by atoms with van der Waals surface area (Å²) in [6, 6.07) is 11.2. The summed E-state index contributed by atoms with van der Waals surface area (Å²) in [5, 5.41) is 5.50. The SMILES string of the molecule is CNCc1ccc(C(=O)Nc2ccc(C)c(-c3cc(N4CCOCC4)c4nccn4c3)c2)cc1C(F)(F)F. The molecule has 198 valence electrons. The molecule has 10 heteroatoms. The second kappa shape index (κ2) is 10.5. The highest BCUT2D eigenvalue weighted by molar-refractivity contribution is 6.04. The fourth-order valence-corrected chi connectivity index (χ4v) is 4.74. The molecule has 0 radical (unpaired) electrons. The van der Waals surface area contributed by atoms with E-state index in [1.165, 1.54) is 12.1 Å². The Morgan fingerprint density at radius 3 is 2.63 bits per heavy atom. The third-order valence-electron chi connectivity index (χ3n) is 6.67. The van der Waals surface area contributed by atoms with Gasteiger partial charge in [0.2, 0.25) is 0 Å². The molecule has 2 aromatic heterocycles. The quantitative estimate of drug-likeness (QED) is 0.367.